The first-order chi connectivity index (χ1) is 21.1. The molecular formula is C34H45ClN2O6S. The lowest BCUT2D eigenvalue weighted by atomic mass is 9.63. The molecule has 2 aromatic carbocycles. The molecule has 0 unspecified atom stereocenters. The van der Waals surface area contributed by atoms with Crippen LogP contribution in [0.2, 0.25) is 5.02 Å². The molecule has 1 fully saturated rings. The Kier molecular flexibility index (Phi) is 8.96. The van der Waals surface area contributed by atoms with Crippen LogP contribution in [0.25, 0.3) is 0 Å². The highest BCUT2D eigenvalue weighted by Crippen LogP contribution is 2.49. The van der Waals surface area contributed by atoms with Crippen molar-refractivity contribution < 1.29 is 27.8 Å². The number of sulfonamides is 1. The molecule has 0 radical (unpaired) electrons. The Morgan fingerprint density at radius 2 is 1.95 bits per heavy atom. The quantitative estimate of drug-likeness (QED) is 0.446. The van der Waals surface area contributed by atoms with Crippen molar-refractivity contribution in [2.75, 3.05) is 38.3 Å². The van der Waals surface area contributed by atoms with Crippen LogP contribution in [0.4, 0.5) is 5.69 Å². The lowest BCUT2D eigenvalue weighted by Crippen LogP contribution is -2.54. The van der Waals surface area contributed by atoms with Crippen LogP contribution in [0.1, 0.15) is 86.2 Å². The van der Waals surface area contributed by atoms with Gasteiger partial charge in [-0.25, -0.2) is 13.1 Å². The summed E-state index contributed by atoms with van der Waals surface area (Å²) in [7, 11) is -2.26. The number of fused-ring (bicyclic) bond motifs is 4. The molecule has 2 aliphatic carbocycles. The Morgan fingerprint density at radius 3 is 2.70 bits per heavy atom. The average Bonchev–Trinajstić information content (AvgIpc) is 3.11. The smallest absolute Gasteiger partial charge is 0.264 e. The summed E-state index contributed by atoms with van der Waals surface area (Å²) in [6, 6.07) is 11.4. The third-order valence-electron chi connectivity index (χ3n) is 10.8. The average molecular weight is 645 g/mol. The van der Waals surface area contributed by atoms with Crippen molar-refractivity contribution in [1.82, 2.24) is 4.72 Å². The number of aliphatic hydroxyl groups is 1. The summed E-state index contributed by atoms with van der Waals surface area (Å²) in [6.07, 6.45) is 7.57. The minimum Gasteiger partial charge on any atom is -0.490 e. The molecular weight excluding hydrogens is 600 g/mol. The largest absolute Gasteiger partial charge is 0.490 e. The van der Waals surface area contributed by atoms with Gasteiger partial charge in [0.25, 0.3) is 5.91 Å². The minimum absolute atomic E-state index is 0.0635. The molecule has 4 aliphatic rings. The number of amides is 1. The molecule has 2 aromatic rings. The summed E-state index contributed by atoms with van der Waals surface area (Å²) < 4.78 is 41.1. The zero-order valence-corrected chi connectivity index (χ0v) is 27.4. The molecule has 1 saturated carbocycles. The number of benzene rings is 2. The second-order valence-corrected chi connectivity index (χ2v) is 15.9. The standard InChI is InChI=1S/C34H45ClN2O6S/c1-3-27-8-4-5-16-34(39,22-42-2)29-12-9-25(29)19-37-20-33(15-6-7-23-17-26(35)11-13-28(23)33)21-43-31-14-10-24(18-30(31)37)32(38)36-44(27,40)41/h10-11,13-14,17-18,25,27,29,39H,3-9,12,15-16,19-22H2,1-2H3,(H,36,38)/t25-,27+,29+,33-,34+/m0/s1. The van der Waals surface area contributed by atoms with Crippen LogP contribution in [0.3, 0.4) is 0 Å². The van der Waals surface area contributed by atoms with Crippen molar-refractivity contribution >= 4 is 33.2 Å². The number of hydrogen-bond acceptors (Lipinski definition) is 7. The van der Waals surface area contributed by atoms with Crippen molar-refractivity contribution in [2.45, 2.75) is 87.4 Å². The van der Waals surface area contributed by atoms with Crippen molar-refractivity contribution in [3.05, 3.63) is 58.1 Å². The first-order valence-corrected chi connectivity index (χ1v) is 18.1. The molecule has 1 spiro atoms. The second-order valence-electron chi connectivity index (χ2n) is 13.5. The van der Waals surface area contributed by atoms with E-state index in [4.69, 9.17) is 21.1 Å². The second kappa shape index (κ2) is 12.5. The third kappa shape index (κ3) is 5.97. The first-order valence-electron chi connectivity index (χ1n) is 16.2. The SMILES string of the molecule is CC[C@@H]1CCCC[C@@](O)(COC)[C@@H]2CC[C@H]2CN2C[C@@]3(CCCc4cc(Cl)ccc43)COc3ccc(cc32)C(=O)NS1(=O)=O. The van der Waals surface area contributed by atoms with Crippen LogP contribution >= 0.6 is 11.6 Å². The van der Waals surface area contributed by atoms with Gasteiger partial charge in [0.1, 0.15) is 5.75 Å². The van der Waals surface area contributed by atoms with Gasteiger partial charge in [-0.3, -0.25) is 4.79 Å². The van der Waals surface area contributed by atoms with E-state index in [1.54, 1.807) is 25.3 Å². The molecule has 2 heterocycles. The van der Waals surface area contributed by atoms with E-state index in [9.17, 15) is 18.3 Å². The minimum atomic E-state index is -3.89. The van der Waals surface area contributed by atoms with Gasteiger partial charge in [0.2, 0.25) is 10.0 Å². The molecule has 8 nitrogen and oxygen atoms in total. The highest BCUT2D eigenvalue weighted by atomic mass is 35.5. The van der Waals surface area contributed by atoms with Gasteiger partial charge < -0.3 is 19.5 Å². The topological polar surface area (TPSA) is 105 Å². The van der Waals surface area contributed by atoms with Crippen molar-refractivity contribution in [1.29, 1.82) is 0 Å². The zero-order valence-electron chi connectivity index (χ0n) is 25.8. The predicted octanol–water partition coefficient (Wildman–Crippen LogP) is 5.63. The van der Waals surface area contributed by atoms with E-state index in [-0.39, 0.29) is 29.4 Å². The molecule has 1 amide bonds. The van der Waals surface area contributed by atoms with Crippen LogP contribution in [-0.2, 0) is 26.6 Å². The van der Waals surface area contributed by atoms with Gasteiger partial charge in [-0.1, -0.05) is 37.4 Å². The Balaban J connectivity index is 1.43. The number of carbonyl (C=O) groups is 1. The third-order valence-corrected chi connectivity index (χ3v) is 12.9. The summed E-state index contributed by atoms with van der Waals surface area (Å²) in [6.45, 7) is 3.95. The van der Waals surface area contributed by atoms with Gasteiger partial charge in [-0.15, -0.1) is 0 Å². The molecule has 0 aromatic heterocycles. The van der Waals surface area contributed by atoms with E-state index in [0.29, 0.717) is 57.6 Å². The maximum atomic E-state index is 13.4. The molecule has 240 valence electrons. The zero-order chi connectivity index (χ0) is 31.1. The molecule has 2 aliphatic heterocycles. The maximum absolute atomic E-state index is 13.4. The molecule has 44 heavy (non-hydrogen) atoms. The van der Waals surface area contributed by atoms with E-state index in [1.165, 1.54) is 11.1 Å². The van der Waals surface area contributed by atoms with E-state index in [1.807, 2.05) is 13.0 Å². The Morgan fingerprint density at radius 1 is 1.11 bits per heavy atom. The highest BCUT2D eigenvalue weighted by molar-refractivity contribution is 7.90. The summed E-state index contributed by atoms with van der Waals surface area (Å²) in [5.41, 5.74) is 2.31. The fraction of sp³-hybridized carbons (Fsp3) is 0.618. The van der Waals surface area contributed by atoms with Gasteiger partial charge in [0.15, 0.2) is 0 Å². The van der Waals surface area contributed by atoms with Gasteiger partial charge in [-0.05, 0) is 105 Å². The van der Waals surface area contributed by atoms with E-state index >= 15 is 0 Å². The fourth-order valence-corrected chi connectivity index (χ4v) is 9.95. The van der Waals surface area contributed by atoms with E-state index in [0.717, 1.165) is 42.8 Å². The Hall–Kier alpha value is -2.33. The van der Waals surface area contributed by atoms with Crippen molar-refractivity contribution in [2.24, 2.45) is 11.8 Å². The van der Waals surface area contributed by atoms with Crippen LogP contribution in [0.5, 0.6) is 5.75 Å². The van der Waals surface area contributed by atoms with Crippen molar-refractivity contribution in [3.63, 3.8) is 0 Å². The molecule has 6 rings (SSSR count). The Labute approximate surface area is 266 Å². The van der Waals surface area contributed by atoms with Crippen LogP contribution < -0.4 is 14.4 Å². The normalized spacial score (nSPS) is 32.0. The summed E-state index contributed by atoms with van der Waals surface area (Å²) >= 11 is 6.41. The molecule has 5 atom stereocenters. The monoisotopic (exact) mass is 644 g/mol. The molecule has 0 saturated heterocycles. The number of ether oxygens (including phenoxy) is 2. The maximum Gasteiger partial charge on any atom is 0.264 e. The number of halogens is 1. The fourth-order valence-electron chi connectivity index (χ4n) is 8.30. The number of hydrogen-bond donors (Lipinski definition) is 2. The van der Waals surface area contributed by atoms with Crippen LogP contribution in [0.15, 0.2) is 36.4 Å². The highest BCUT2D eigenvalue weighted by Gasteiger charge is 2.49. The van der Waals surface area contributed by atoms with E-state index in [2.05, 4.69) is 21.8 Å². The number of methoxy groups -OCH3 is 1. The summed E-state index contributed by atoms with van der Waals surface area (Å²) in [4.78, 5) is 15.8. The number of aryl methyl sites for hydroxylation is 1. The number of anilines is 1. The van der Waals surface area contributed by atoms with Gasteiger partial charge in [-0.2, -0.15) is 0 Å². The predicted molar refractivity (Wildman–Crippen MR) is 172 cm³/mol. The molecule has 10 heteroatoms. The van der Waals surface area contributed by atoms with Crippen LogP contribution in [0, 0.1) is 11.8 Å². The lowest BCUT2D eigenvalue weighted by molar-refractivity contribution is -0.125. The Bertz CT molecular complexity index is 1500. The van der Waals surface area contributed by atoms with Crippen molar-refractivity contribution in [3.8, 4) is 5.75 Å². The summed E-state index contributed by atoms with van der Waals surface area (Å²) in [5.74, 6) is 0.359. The van der Waals surface area contributed by atoms with E-state index < -0.39 is 26.8 Å². The number of nitrogens with zero attached hydrogens (tertiary/aromatic N) is 1. The lowest BCUT2D eigenvalue weighted by Gasteiger charge is -2.50. The molecule has 2 bridgehead atoms. The first kappa shape index (κ1) is 31.6. The number of nitrogens with one attached hydrogen (secondary N) is 1. The van der Waals surface area contributed by atoms with Gasteiger partial charge >= 0.3 is 0 Å². The summed E-state index contributed by atoms with van der Waals surface area (Å²) in [5, 5.41) is 12.0. The van der Waals surface area contributed by atoms with Crippen LogP contribution in [-0.4, -0.2) is 63.7 Å². The van der Waals surface area contributed by atoms with Gasteiger partial charge in [0.05, 0.1) is 29.8 Å². The molecule has 2 N–H and O–H groups in total. The van der Waals surface area contributed by atoms with Gasteiger partial charge in [0, 0.05) is 36.2 Å². The number of carbonyl (C=O) groups excluding carboxylic acids is 1. The number of rotatable bonds is 3.